The first-order chi connectivity index (χ1) is 19.8. The van der Waals surface area contributed by atoms with Gasteiger partial charge in [-0.2, -0.15) is 4.37 Å². The molecule has 4 aliphatic heterocycles. The molecule has 4 aliphatic rings. The first kappa shape index (κ1) is 26.0. The Morgan fingerprint density at radius 2 is 1.78 bits per heavy atom. The first-order valence-electron chi connectivity index (χ1n) is 13.9. The van der Waals surface area contributed by atoms with E-state index in [1.165, 1.54) is 16.4 Å². The number of nitrogens with one attached hydrogen (secondary N) is 1. The number of benzene rings is 2. The number of piperidine rings is 2. The monoisotopic (exact) mass is 571 g/mol. The van der Waals surface area contributed by atoms with E-state index in [0.29, 0.717) is 51.0 Å². The lowest BCUT2D eigenvalue weighted by molar-refractivity contribution is -0.136. The number of hydrogen-bond donors (Lipinski definition) is 2. The molecule has 0 aliphatic carbocycles. The van der Waals surface area contributed by atoms with Gasteiger partial charge in [0.25, 0.3) is 11.8 Å². The summed E-state index contributed by atoms with van der Waals surface area (Å²) in [6.45, 7) is 2.91. The second-order valence-corrected chi connectivity index (χ2v) is 12.1. The van der Waals surface area contributed by atoms with Crippen molar-refractivity contribution < 1.29 is 24.3 Å². The Morgan fingerprint density at radius 3 is 2.54 bits per heavy atom. The molecule has 2 N–H and O–H groups in total. The van der Waals surface area contributed by atoms with E-state index in [2.05, 4.69) is 20.7 Å². The Morgan fingerprint density at radius 1 is 0.951 bits per heavy atom. The van der Waals surface area contributed by atoms with Crippen molar-refractivity contribution in [1.82, 2.24) is 19.5 Å². The second kappa shape index (κ2) is 9.86. The van der Waals surface area contributed by atoms with Crippen LogP contribution in [0.3, 0.4) is 0 Å². The van der Waals surface area contributed by atoms with Crippen LogP contribution in [0.2, 0.25) is 0 Å². The number of aromatic nitrogens is 1. The van der Waals surface area contributed by atoms with Gasteiger partial charge in [-0.1, -0.05) is 24.3 Å². The van der Waals surface area contributed by atoms with Crippen LogP contribution < -0.4 is 10.2 Å². The number of nitrogens with zero attached hydrogens (tertiary/aromatic N) is 4. The summed E-state index contributed by atoms with van der Waals surface area (Å²) in [6, 6.07) is 12.8. The predicted molar refractivity (Wildman–Crippen MR) is 150 cm³/mol. The van der Waals surface area contributed by atoms with E-state index < -0.39 is 17.6 Å². The third-order valence-corrected chi connectivity index (χ3v) is 9.59. The third kappa shape index (κ3) is 4.54. The molecule has 0 bridgehead atoms. The van der Waals surface area contributed by atoms with Crippen molar-refractivity contribution in [3.05, 3.63) is 82.0 Å². The lowest BCUT2D eigenvalue weighted by Gasteiger charge is -2.38. The van der Waals surface area contributed by atoms with Crippen LogP contribution in [0.25, 0.3) is 0 Å². The van der Waals surface area contributed by atoms with Crippen LogP contribution in [-0.4, -0.2) is 62.0 Å². The molecule has 210 valence electrons. The Hall–Kier alpha value is -3.93. The van der Waals surface area contributed by atoms with E-state index in [-0.39, 0.29) is 30.7 Å². The van der Waals surface area contributed by atoms with Crippen LogP contribution >= 0.6 is 11.5 Å². The van der Waals surface area contributed by atoms with Gasteiger partial charge in [0.1, 0.15) is 11.0 Å². The van der Waals surface area contributed by atoms with Crippen LogP contribution in [0.4, 0.5) is 5.00 Å². The van der Waals surface area contributed by atoms with Gasteiger partial charge >= 0.3 is 0 Å². The summed E-state index contributed by atoms with van der Waals surface area (Å²) in [6.07, 6.45) is 3.32. The lowest BCUT2D eigenvalue weighted by Crippen LogP contribution is -2.52. The number of aliphatic hydroxyl groups is 1. The minimum Gasteiger partial charge on any atom is -0.385 e. The van der Waals surface area contributed by atoms with Crippen molar-refractivity contribution in [2.24, 2.45) is 0 Å². The van der Waals surface area contributed by atoms with Crippen LogP contribution in [0, 0.1) is 0 Å². The van der Waals surface area contributed by atoms with Gasteiger partial charge < -0.3 is 10.0 Å². The Kier molecular flexibility index (Phi) is 6.25. The highest BCUT2D eigenvalue weighted by Gasteiger charge is 2.41. The molecular weight excluding hydrogens is 542 g/mol. The number of fused-ring (bicyclic) bond motifs is 2. The average molecular weight is 572 g/mol. The summed E-state index contributed by atoms with van der Waals surface area (Å²) < 4.78 is 4.12. The zero-order valence-corrected chi connectivity index (χ0v) is 23.2. The minimum atomic E-state index is -1.01. The zero-order chi connectivity index (χ0) is 28.3. The van der Waals surface area contributed by atoms with Crippen LogP contribution in [0.15, 0.2) is 48.7 Å². The van der Waals surface area contributed by atoms with Crippen LogP contribution in [-0.2, 0) is 34.8 Å². The molecule has 5 heterocycles. The number of imide groups is 1. The average Bonchev–Trinajstić information content (AvgIpc) is 3.69. The maximum atomic E-state index is 13.0. The van der Waals surface area contributed by atoms with Crippen molar-refractivity contribution in [3.8, 4) is 0 Å². The van der Waals surface area contributed by atoms with E-state index in [9.17, 15) is 24.3 Å². The zero-order valence-electron chi connectivity index (χ0n) is 22.3. The number of carbonyl (C=O) groups is 4. The first-order valence-corrected chi connectivity index (χ1v) is 14.6. The highest BCUT2D eigenvalue weighted by atomic mass is 32.1. The quantitative estimate of drug-likeness (QED) is 0.451. The summed E-state index contributed by atoms with van der Waals surface area (Å²) in [5, 5.41) is 14.8. The molecule has 1 unspecified atom stereocenters. The van der Waals surface area contributed by atoms with E-state index in [4.69, 9.17) is 0 Å². The van der Waals surface area contributed by atoms with Gasteiger partial charge in [-0.05, 0) is 71.2 Å². The predicted octanol–water partition coefficient (Wildman–Crippen LogP) is 2.55. The van der Waals surface area contributed by atoms with Crippen molar-refractivity contribution in [2.45, 2.75) is 57.0 Å². The fraction of sp³-hybridized carbons (Fsp3) is 0.367. The lowest BCUT2D eigenvalue weighted by atomic mass is 9.83. The molecular formula is C30H29N5O5S. The molecule has 41 heavy (non-hydrogen) atoms. The van der Waals surface area contributed by atoms with Gasteiger partial charge in [-0.3, -0.25) is 34.3 Å². The summed E-state index contributed by atoms with van der Waals surface area (Å²) in [4.78, 5) is 55.5. The summed E-state index contributed by atoms with van der Waals surface area (Å²) in [5.74, 6) is -0.954. The standard InChI is InChI=1S/C30H29N5O5S/c36-25-6-5-24(27(37)32-25)34-17-20-14-21(3-4-22(20)28(34)38)30(40)8-11-33(12-9-30)15-18-1-2-19-16-35(26-7-10-31-41-26)29(39)23(19)13-18/h1-4,7,10,13-14,24,40H,5-6,8-9,11-12,15-17H2,(H,32,36,37). The minimum absolute atomic E-state index is 0.00498. The van der Waals surface area contributed by atoms with Gasteiger partial charge in [0.2, 0.25) is 11.8 Å². The summed E-state index contributed by atoms with van der Waals surface area (Å²) in [7, 11) is 0. The number of anilines is 1. The van der Waals surface area contributed by atoms with Gasteiger partial charge in [0, 0.05) is 49.9 Å². The number of hydrogen-bond acceptors (Lipinski definition) is 8. The van der Waals surface area contributed by atoms with Crippen molar-refractivity contribution >= 4 is 40.2 Å². The van der Waals surface area contributed by atoms with Crippen molar-refractivity contribution in [3.63, 3.8) is 0 Å². The van der Waals surface area contributed by atoms with E-state index in [1.54, 1.807) is 17.2 Å². The number of likely N-dealkylation sites (tertiary alicyclic amines) is 1. The maximum absolute atomic E-state index is 13.0. The molecule has 10 nitrogen and oxygen atoms in total. The number of amides is 4. The van der Waals surface area contributed by atoms with Gasteiger partial charge in [0.05, 0.1) is 12.1 Å². The molecule has 4 amide bonds. The molecule has 0 saturated carbocycles. The molecule has 7 rings (SSSR count). The number of carbonyl (C=O) groups excluding carboxylic acids is 4. The van der Waals surface area contributed by atoms with Gasteiger partial charge in [-0.15, -0.1) is 0 Å². The third-order valence-electron chi connectivity index (χ3n) is 8.82. The van der Waals surface area contributed by atoms with Gasteiger partial charge in [0.15, 0.2) is 0 Å². The SMILES string of the molecule is O=C1CCC(N2Cc3cc(C4(O)CCN(Cc5ccc6c(c5)C(=O)N(c5ccns5)C6)CC4)ccc3C2=O)C(=O)N1. The molecule has 2 saturated heterocycles. The molecule has 1 aromatic heterocycles. The van der Waals surface area contributed by atoms with Gasteiger partial charge in [-0.25, -0.2) is 0 Å². The molecule has 11 heteroatoms. The van der Waals surface area contributed by atoms with E-state index in [1.807, 2.05) is 30.3 Å². The Labute approximate surface area is 240 Å². The van der Waals surface area contributed by atoms with Crippen molar-refractivity contribution in [1.29, 1.82) is 0 Å². The maximum Gasteiger partial charge on any atom is 0.259 e. The van der Waals surface area contributed by atoms with Crippen molar-refractivity contribution in [2.75, 3.05) is 18.0 Å². The van der Waals surface area contributed by atoms with E-state index >= 15 is 0 Å². The summed E-state index contributed by atoms with van der Waals surface area (Å²) >= 11 is 1.32. The number of rotatable bonds is 5. The Bertz CT molecular complexity index is 1580. The second-order valence-electron chi connectivity index (χ2n) is 11.3. The summed E-state index contributed by atoms with van der Waals surface area (Å²) in [5.41, 5.74) is 3.93. The molecule has 3 aromatic rings. The topological polar surface area (TPSA) is 123 Å². The fourth-order valence-electron chi connectivity index (χ4n) is 6.46. The molecule has 0 spiro atoms. The molecule has 0 radical (unpaired) electrons. The highest BCUT2D eigenvalue weighted by Crippen LogP contribution is 2.37. The highest BCUT2D eigenvalue weighted by molar-refractivity contribution is 7.10. The smallest absolute Gasteiger partial charge is 0.259 e. The fourth-order valence-corrected chi connectivity index (χ4v) is 7.06. The normalized spacial score (nSPS) is 22.2. The Balaban J connectivity index is 1.00. The van der Waals surface area contributed by atoms with E-state index in [0.717, 1.165) is 32.8 Å². The largest absolute Gasteiger partial charge is 0.385 e. The van der Waals surface area contributed by atoms with Crippen LogP contribution in [0.1, 0.15) is 68.7 Å². The van der Waals surface area contributed by atoms with Crippen LogP contribution in [0.5, 0.6) is 0 Å². The molecule has 1 atom stereocenters. The molecule has 2 fully saturated rings. The molecule has 2 aromatic carbocycles.